The van der Waals surface area contributed by atoms with Crippen molar-refractivity contribution in [1.29, 1.82) is 0 Å². The highest BCUT2D eigenvalue weighted by atomic mass is 79.9. The Morgan fingerprint density at radius 2 is 1.94 bits per heavy atom. The number of aromatic nitrogens is 2. The maximum Gasteiger partial charge on any atom is 0.295 e. The molecule has 1 aromatic carbocycles. The SMILES string of the molecule is Cc1nc2c(C)cccn2c1/C(O)=C1\C(=O)C(=O)N(CCCN(C)C)[C@H]1c1cccc(Br)c1. The van der Waals surface area contributed by atoms with E-state index in [4.69, 9.17) is 0 Å². The van der Waals surface area contributed by atoms with Crippen molar-refractivity contribution in [2.24, 2.45) is 0 Å². The first-order valence-corrected chi connectivity index (χ1v) is 11.6. The van der Waals surface area contributed by atoms with Gasteiger partial charge in [0.05, 0.1) is 17.3 Å². The van der Waals surface area contributed by atoms with Gasteiger partial charge in [0.15, 0.2) is 5.76 Å². The van der Waals surface area contributed by atoms with Gasteiger partial charge in [-0.25, -0.2) is 4.98 Å². The number of rotatable bonds is 6. The van der Waals surface area contributed by atoms with Crippen LogP contribution in [-0.2, 0) is 9.59 Å². The van der Waals surface area contributed by atoms with Crippen molar-refractivity contribution in [3.63, 3.8) is 0 Å². The van der Waals surface area contributed by atoms with Gasteiger partial charge >= 0.3 is 0 Å². The van der Waals surface area contributed by atoms with E-state index < -0.39 is 17.7 Å². The molecule has 2 aromatic heterocycles. The largest absolute Gasteiger partial charge is 0.505 e. The van der Waals surface area contributed by atoms with Gasteiger partial charge in [0.1, 0.15) is 11.3 Å². The summed E-state index contributed by atoms with van der Waals surface area (Å²) in [6, 6.07) is 10.6. The second-order valence-electron chi connectivity index (χ2n) is 8.63. The Labute approximate surface area is 201 Å². The summed E-state index contributed by atoms with van der Waals surface area (Å²) in [5.41, 5.74) is 3.53. The van der Waals surface area contributed by atoms with Gasteiger partial charge in [-0.05, 0) is 70.2 Å². The molecule has 1 aliphatic heterocycles. The zero-order valence-corrected chi connectivity index (χ0v) is 20.8. The number of aliphatic hydroxyl groups is 1. The third-order valence-corrected chi connectivity index (χ3v) is 6.45. The summed E-state index contributed by atoms with van der Waals surface area (Å²) in [6.07, 6.45) is 2.51. The number of imidazole rings is 1. The molecule has 0 saturated carbocycles. The molecule has 1 saturated heterocycles. The lowest BCUT2D eigenvalue weighted by Crippen LogP contribution is -2.32. The standard InChI is InChI=1S/C25H27BrN4O3/c1-15-8-6-12-29-20(16(2)27-24(15)29)22(31)19-21(17-9-5-10-18(26)14-17)30(25(33)23(19)32)13-7-11-28(3)4/h5-6,8-10,12,14,21,31H,7,11,13H2,1-4H3/b22-19+/t21-/m0/s1. The number of pyridine rings is 1. The molecule has 0 aliphatic carbocycles. The molecule has 0 unspecified atom stereocenters. The van der Waals surface area contributed by atoms with E-state index in [1.807, 2.05) is 62.3 Å². The van der Waals surface area contributed by atoms with Crippen LogP contribution in [0.4, 0.5) is 0 Å². The van der Waals surface area contributed by atoms with Crippen LogP contribution in [0.25, 0.3) is 11.4 Å². The number of likely N-dealkylation sites (tertiary alicyclic amines) is 1. The molecule has 4 rings (SSSR count). The molecular weight excluding hydrogens is 484 g/mol. The minimum Gasteiger partial charge on any atom is -0.505 e. The lowest BCUT2D eigenvalue weighted by Gasteiger charge is -2.26. The van der Waals surface area contributed by atoms with Crippen LogP contribution >= 0.6 is 15.9 Å². The minimum atomic E-state index is -0.681. The molecule has 7 nitrogen and oxygen atoms in total. The first kappa shape index (κ1) is 23.2. The van der Waals surface area contributed by atoms with Crippen LogP contribution < -0.4 is 0 Å². The zero-order chi connectivity index (χ0) is 23.9. The highest BCUT2D eigenvalue weighted by Crippen LogP contribution is 2.40. The first-order chi connectivity index (χ1) is 15.7. The van der Waals surface area contributed by atoms with Crippen molar-refractivity contribution in [3.8, 4) is 0 Å². The smallest absolute Gasteiger partial charge is 0.295 e. The fraction of sp³-hybridized carbons (Fsp3) is 0.320. The van der Waals surface area contributed by atoms with Gasteiger partial charge < -0.3 is 14.9 Å². The maximum absolute atomic E-state index is 13.3. The van der Waals surface area contributed by atoms with Crippen molar-refractivity contribution >= 4 is 39.0 Å². The average molecular weight is 511 g/mol. The number of aryl methyl sites for hydroxylation is 2. The number of aliphatic hydroxyl groups excluding tert-OH is 1. The maximum atomic E-state index is 13.3. The highest BCUT2D eigenvalue weighted by Gasteiger charge is 2.46. The van der Waals surface area contributed by atoms with Crippen molar-refractivity contribution in [1.82, 2.24) is 19.2 Å². The number of Topliss-reactive ketones (excluding diaryl/α,β-unsaturated/α-hetero) is 1. The van der Waals surface area contributed by atoms with Gasteiger partial charge in [0.2, 0.25) is 0 Å². The van der Waals surface area contributed by atoms with Gasteiger partial charge in [0, 0.05) is 17.2 Å². The Balaban J connectivity index is 1.90. The predicted molar refractivity (Wildman–Crippen MR) is 131 cm³/mol. The number of hydrogen-bond donors (Lipinski definition) is 1. The fourth-order valence-electron chi connectivity index (χ4n) is 4.42. The second kappa shape index (κ2) is 9.11. The fourth-order valence-corrected chi connectivity index (χ4v) is 4.84. The summed E-state index contributed by atoms with van der Waals surface area (Å²) in [4.78, 5) is 34.6. The van der Waals surface area contributed by atoms with Crippen LogP contribution in [0.2, 0.25) is 0 Å². The molecule has 0 radical (unpaired) electrons. The molecule has 0 spiro atoms. The minimum absolute atomic E-state index is 0.0920. The summed E-state index contributed by atoms with van der Waals surface area (Å²) < 4.78 is 2.61. The third kappa shape index (κ3) is 4.20. The number of benzene rings is 1. The first-order valence-electron chi connectivity index (χ1n) is 10.8. The van der Waals surface area contributed by atoms with Gasteiger partial charge in [-0.3, -0.25) is 14.0 Å². The number of carbonyl (C=O) groups excluding carboxylic acids is 2. The molecule has 33 heavy (non-hydrogen) atoms. The number of carbonyl (C=O) groups is 2. The molecule has 172 valence electrons. The molecule has 1 N–H and O–H groups in total. The molecule has 1 amide bonds. The van der Waals surface area contributed by atoms with E-state index >= 15 is 0 Å². The Morgan fingerprint density at radius 3 is 2.64 bits per heavy atom. The monoisotopic (exact) mass is 510 g/mol. The van der Waals surface area contributed by atoms with Crippen molar-refractivity contribution in [2.45, 2.75) is 26.3 Å². The molecule has 1 fully saturated rings. The lowest BCUT2D eigenvalue weighted by atomic mass is 9.96. The molecule has 0 bridgehead atoms. The van der Waals surface area contributed by atoms with Gasteiger partial charge in [-0.2, -0.15) is 0 Å². The van der Waals surface area contributed by atoms with E-state index in [-0.39, 0.29) is 11.3 Å². The van der Waals surface area contributed by atoms with Crippen molar-refractivity contribution in [3.05, 3.63) is 75.2 Å². The van der Waals surface area contributed by atoms with E-state index in [0.717, 1.165) is 22.1 Å². The third-order valence-electron chi connectivity index (χ3n) is 5.95. The van der Waals surface area contributed by atoms with Crippen LogP contribution in [0.15, 0.2) is 52.6 Å². The highest BCUT2D eigenvalue weighted by molar-refractivity contribution is 9.10. The normalized spacial score (nSPS) is 18.1. The Hall–Kier alpha value is -2.97. The summed E-state index contributed by atoms with van der Waals surface area (Å²) in [5, 5.41) is 11.5. The van der Waals surface area contributed by atoms with Gasteiger partial charge in [0.25, 0.3) is 11.7 Å². The van der Waals surface area contributed by atoms with Crippen LogP contribution in [0.1, 0.15) is 35.0 Å². The summed E-state index contributed by atoms with van der Waals surface area (Å²) in [5.74, 6) is -1.48. The number of amides is 1. The van der Waals surface area contributed by atoms with Gasteiger partial charge in [-0.1, -0.05) is 34.1 Å². The molecule has 3 aromatic rings. The van der Waals surface area contributed by atoms with E-state index in [2.05, 4.69) is 20.9 Å². The lowest BCUT2D eigenvalue weighted by molar-refractivity contribution is -0.139. The van der Waals surface area contributed by atoms with Gasteiger partial charge in [-0.15, -0.1) is 0 Å². The summed E-state index contributed by atoms with van der Waals surface area (Å²) in [7, 11) is 3.94. The quantitative estimate of drug-likeness (QED) is 0.307. The van der Waals surface area contributed by atoms with Crippen molar-refractivity contribution in [2.75, 3.05) is 27.2 Å². The van der Waals surface area contributed by atoms with Crippen LogP contribution in [0.3, 0.4) is 0 Å². The number of ketones is 1. The Kier molecular flexibility index (Phi) is 6.41. The van der Waals surface area contributed by atoms with Crippen LogP contribution in [0.5, 0.6) is 0 Å². The summed E-state index contributed by atoms with van der Waals surface area (Å²) in [6.45, 7) is 4.92. The number of halogens is 1. The Morgan fingerprint density at radius 1 is 1.18 bits per heavy atom. The van der Waals surface area contributed by atoms with Crippen LogP contribution in [0, 0.1) is 13.8 Å². The van der Waals surface area contributed by atoms with E-state index in [1.165, 1.54) is 0 Å². The van der Waals surface area contributed by atoms with E-state index in [0.29, 0.717) is 30.0 Å². The molecular formula is C25H27BrN4O3. The van der Waals surface area contributed by atoms with Crippen LogP contribution in [-0.4, -0.2) is 63.2 Å². The number of fused-ring (bicyclic) bond motifs is 1. The van der Waals surface area contributed by atoms with E-state index in [9.17, 15) is 14.7 Å². The molecule has 1 atom stereocenters. The zero-order valence-electron chi connectivity index (χ0n) is 19.2. The Bertz CT molecular complexity index is 1280. The predicted octanol–water partition coefficient (Wildman–Crippen LogP) is 4.09. The topological polar surface area (TPSA) is 78.1 Å². The number of hydrogen-bond acceptors (Lipinski definition) is 5. The van der Waals surface area contributed by atoms with Crippen molar-refractivity contribution < 1.29 is 14.7 Å². The van der Waals surface area contributed by atoms with E-state index in [1.54, 1.807) is 22.4 Å². The average Bonchev–Trinajstić information content (AvgIpc) is 3.23. The molecule has 3 heterocycles. The summed E-state index contributed by atoms with van der Waals surface area (Å²) >= 11 is 3.49. The molecule has 8 heteroatoms. The number of nitrogens with zero attached hydrogens (tertiary/aromatic N) is 4. The second-order valence-corrected chi connectivity index (χ2v) is 9.55. The molecule has 1 aliphatic rings.